The first-order chi connectivity index (χ1) is 9.69. The Morgan fingerprint density at radius 1 is 1.40 bits per heavy atom. The molecule has 0 heterocycles. The molecule has 1 aromatic rings. The van der Waals surface area contributed by atoms with E-state index in [9.17, 15) is 5.11 Å². The first-order valence-electron chi connectivity index (χ1n) is 7.29. The fraction of sp³-hybridized carbons (Fsp3) is 0.562. The molecule has 1 unspecified atom stereocenters. The fourth-order valence-electron chi connectivity index (χ4n) is 2.76. The van der Waals surface area contributed by atoms with Gasteiger partial charge in [0.2, 0.25) is 0 Å². The molecule has 1 fully saturated rings. The molecule has 0 amide bonds. The van der Waals surface area contributed by atoms with Crippen LogP contribution in [0.15, 0.2) is 29.4 Å². The number of aliphatic hydroxyl groups excluding tert-OH is 1. The van der Waals surface area contributed by atoms with Crippen LogP contribution in [-0.2, 0) is 0 Å². The van der Waals surface area contributed by atoms with Crippen molar-refractivity contribution in [2.24, 2.45) is 11.1 Å². The summed E-state index contributed by atoms with van der Waals surface area (Å²) in [6.07, 6.45) is 5.48. The van der Waals surface area contributed by atoms with Crippen molar-refractivity contribution < 1.29 is 15.1 Å². The number of hydrogen-bond donors (Lipinski definition) is 2. The SMILES string of the molecule is C/C(=N/O)c1cccc(OCC(O)CC2CCCC2)c1. The van der Waals surface area contributed by atoms with Crippen LogP contribution >= 0.6 is 0 Å². The highest BCUT2D eigenvalue weighted by Crippen LogP contribution is 2.28. The number of rotatable bonds is 6. The molecule has 0 aromatic heterocycles. The van der Waals surface area contributed by atoms with Crippen LogP contribution < -0.4 is 4.74 Å². The minimum atomic E-state index is -0.408. The minimum Gasteiger partial charge on any atom is -0.491 e. The number of nitrogens with zero attached hydrogens (tertiary/aromatic N) is 1. The number of ether oxygens (including phenoxy) is 1. The number of benzene rings is 1. The van der Waals surface area contributed by atoms with Crippen LogP contribution in [0, 0.1) is 5.92 Å². The van der Waals surface area contributed by atoms with Crippen molar-refractivity contribution in [3.05, 3.63) is 29.8 Å². The van der Waals surface area contributed by atoms with E-state index in [0.29, 0.717) is 24.0 Å². The van der Waals surface area contributed by atoms with Gasteiger partial charge in [0.1, 0.15) is 12.4 Å². The summed E-state index contributed by atoms with van der Waals surface area (Å²) in [7, 11) is 0. The molecule has 2 N–H and O–H groups in total. The second kappa shape index (κ2) is 7.29. The molecule has 4 nitrogen and oxygen atoms in total. The Balaban J connectivity index is 1.83. The average molecular weight is 277 g/mol. The lowest BCUT2D eigenvalue weighted by Crippen LogP contribution is -2.20. The highest BCUT2D eigenvalue weighted by molar-refractivity contribution is 5.98. The van der Waals surface area contributed by atoms with Gasteiger partial charge in [-0.1, -0.05) is 43.0 Å². The van der Waals surface area contributed by atoms with Gasteiger partial charge in [-0.05, 0) is 31.4 Å². The van der Waals surface area contributed by atoms with E-state index in [4.69, 9.17) is 9.94 Å². The smallest absolute Gasteiger partial charge is 0.120 e. The molecule has 1 atom stereocenters. The Hall–Kier alpha value is -1.55. The van der Waals surface area contributed by atoms with Crippen LogP contribution in [0.2, 0.25) is 0 Å². The molecule has 0 saturated heterocycles. The molecular formula is C16H23NO3. The zero-order chi connectivity index (χ0) is 14.4. The monoisotopic (exact) mass is 277 g/mol. The molecule has 0 aliphatic heterocycles. The molecule has 1 aromatic carbocycles. The molecule has 110 valence electrons. The summed E-state index contributed by atoms with van der Waals surface area (Å²) in [5.41, 5.74) is 1.36. The molecule has 4 heteroatoms. The Bertz CT molecular complexity index is 453. The summed E-state index contributed by atoms with van der Waals surface area (Å²) in [6.45, 7) is 2.04. The van der Waals surface area contributed by atoms with Crippen molar-refractivity contribution in [3.8, 4) is 5.75 Å². The molecule has 2 rings (SSSR count). The van der Waals surface area contributed by atoms with Crippen molar-refractivity contribution >= 4 is 5.71 Å². The maximum absolute atomic E-state index is 10.0. The Labute approximate surface area is 120 Å². The lowest BCUT2D eigenvalue weighted by molar-refractivity contribution is 0.0855. The first-order valence-corrected chi connectivity index (χ1v) is 7.29. The van der Waals surface area contributed by atoms with E-state index in [1.54, 1.807) is 6.92 Å². The second-order valence-electron chi connectivity index (χ2n) is 5.56. The maximum Gasteiger partial charge on any atom is 0.120 e. The quantitative estimate of drug-likeness (QED) is 0.477. The number of hydrogen-bond acceptors (Lipinski definition) is 4. The third-order valence-electron chi connectivity index (χ3n) is 3.92. The standard InChI is InChI=1S/C16H23NO3/c1-12(17-19)14-7-4-8-16(10-14)20-11-15(18)9-13-5-2-3-6-13/h4,7-8,10,13,15,18-19H,2-3,5-6,9,11H2,1H3/b17-12-. The Morgan fingerprint density at radius 2 is 2.15 bits per heavy atom. The predicted octanol–water partition coefficient (Wildman–Crippen LogP) is 3.20. The number of aliphatic hydroxyl groups is 1. The fourth-order valence-corrected chi connectivity index (χ4v) is 2.76. The van der Waals surface area contributed by atoms with E-state index < -0.39 is 6.10 Å². The van der Waals surface area contributed by atoms with E-state index in [0.717, 1.165) is 12.0 Å². The highest BCUT2D eigenvalue weighted by atomic mass is 16.5. The van der Waals surface area contributed by atoms with E-state index in [1.807, 2.05) is 24.3 Å². The van der Waals surface area contributed by atoms with Crippen LogP contribution in [-0.4, -0.2) is 28.7 Å². The van der Waals surface area contributed by atoms with Gasteiger partial charge < -0.3 is 15.1 Å². The van der Waals surface area contributed by atoms with Crippen LogP contribution in [0.3, 0.4) is 0 Å². The van der Waals surface area contributed by atoms with Gasteiger partial charge >= 0.3 is 0 Å². The summed E-state index contributed by atoms with van der Waals surface area (Å²) in [5.74, 6) is 1.35. The van der Waals surface area contributed by atoms with Crippen molar-refractivity contribution in [2.75, 3.05) is 6.61 Å². The van der Waals surface area contributed by atoms with E-state index >= 15 is 0 Å². The van der Waals surface area contributed by atoms with Crippen LogP contribution in [0.1, 0.15) is 44.6 Å². The zero-order valence-electron chi connectivity index (χ0n) is 12.0. The molecule has 1 aliphatic carbocycles. The molecular weight excluding hydrogens is 254 g/mol. The summed E-state index contributed by atoms with van der Waals surface area (Å²) in [6, 6.07) is 7.37. The van der Waals surface area contributed by atoms with Gasteiger partial charge in [0.15, 0.2) is 0 Å². The van der Waals surface area contributed by atoms with Crippen molar-refractivity contribution in [3.63, 3.8) is 0 Å². The van der Waals surface area contributed by atoms with Gasteiger partial charge in [-0.15, -0.1) is 0 Å². The maximum atomic E-state index is 10.0. The van der Waals surface area contributed by atoms with Gasteiger partial charge in [-0.25, -0.2) is 0 Å². The largest absolute Gasteiger partial charge is 0.491 e. The molecule has 1 aliphatic rings. The van der Waals surface area contributed by atoms with Crippen LogP contribution in [0.4, 0.5) is 0 Å². The van der Waals surface area contributed by atoms with E-state index in [2.05, 4.69) is 5.16 Å². The third-order valence-corrected chi connectivity index (χ3v) is 3.92. The molecule has 1 saturated carbocycles. The summed E-state index contributed by atoms with van der Waals surface area (Å²) < 4.78 is 5.63. The first kappa shape index (κ1) is 14.9. The lowest BCUT2D eigenvalue weighted by atomic mass is 10.0. The molecule has 20 heavy (non-hydrogen) atoms. The summed E-state index contributed by atoms with van der Waals surface area (Å²) in [5, 5.41) is 21.9. The van der Waals surface area contributed by atoms with E-state index in [-0.39, 0.29) is 0 Å². The van der Waals surface area contributed by atoms with Gasteiger partial charge in [0, 0.05) is 5.56 Å². The van der Waals surface area contributed by atoms with Gasteiger partial charge in [-0.3, -0.25) is 0 Å². The Kier molecular flexibility index (Phi) is 5.41. The van der Waals surface area contributed by atoms with Crippen molar-refractivity contribution in [2.45, 2.75) is 45.1 Å². The molecule has 0 radical (unpaired) electrons. The highest BCUT2D eigenvalue weighted by Gasteiger charge is 2.19. The van der Waals surface area contributed by atoms with Crippen molar-refractivity contribution in [1.82, 2.24) is 0 Å². The van der Waals surface area contributed by atoms with Crippen LogP contribution in [0.25, 0.3) is 0 Å². The minimum absolute atomic E-state index is 0.315. The van der Waals surface area contributed by atoms with Gasteiger partial charge in [0.05, 0.1) is 11.8 Å². The third kappa shape index (κ3) is 4.23. The predicted molar refractivity (Wildman–Crippen MR) is 78.5 cm³/mol. The molecule has 0 bridgehead atoms. The lowest BCUT2D eigenvalue weighted by Gasteiger charge is -2.16. The van der Waals surface area contributed by atoms with E-state index in [1.165, 1.54) is 25.7 Å². The molecule has 0 spiro atoms. The van der Waals surface area contributed by atoms with Crippen LogP contribution in [0.5, 0.6) is 5.75 Å². The normalized spacial score (nSPS) is 18.2. The zero-order valence-corrected chi connectivity index (χ0v) is 12.0. The Morgan fingerprint density at radius 3 is 2.85 bits per heavy atom. The number of oxime groups is 1. The summed E-state index contributed by atoms with van der Waals surface area (Å²) >= 11 is 0. The van der Waals surface area contributed by atoms with Crippen molar-refractivity contribution in [1.29, 1.82) is 0 Å². The second-order valence-corrected chi connectivity index (χ2v) is 5.56. The average Bonchev–Trinajstić information content (AvgIpc) is 2.97. The summed E-state index contributed by atoms with van der Waals surface area (Å²) in [4.78, 5) is 0. The van der Waals surface area contributed by atoms with Gasteiger partial charge in [-0.2, -0.15) is 0 Å². The topological polar surface area (TPSA) is 62.1 Å². The van der Waals surface area contributed by atoms with Gasteiger partial charge in [0.25, 0.3) is 0 Å².